The Bertz CT molecular complexity index is 315. The van der Waals surface area contributed by atoms with Gasteiger partial charge < -0.3 is 5.11 Å². The number of hydrogen-bond donors (Lipinski definition) is 1. The van der Waals surface area contributed by atoms with E-state index in [0.29, 0.717) is 0 Å². The fraction of sp³-hybridized carbons (Fsp3) is 0.538. The van der Waals surface area contributed by atoms with Crippen molar-refractivity contribution in [1.29, 1.82) is 0 Å². The second-order valence-electron chi connectivity index (χ2n) is 4.34. The van der Waals surface area contributed by atoms with Crippen LogP contribution in [0.4, 0.5) is 0 Å². The minimum absolute atomic E-state index is 0.178. The number of fused-ring (bicyclic) bond motifs is 1. The van der Waals surface area contributed by atoms with Gasteiger partial charge in [0.2, 0.25) is 0 Å². The molecule has 0 saturated carbocycles. The molecule has 1 aliphatic carbocycles. The molecule has 0 spiro atoms. The normalized spacial score (nSPS) is 16.7. The number of benzene rings is 1. The summed E-state index contributed by atoms with van der Waals surface area (Å²) in [6.45, 7) is 1.85. The lowest BCUT2D eigenvalue weighted by atomic mass is 10.0. The van der Waals surface area contributed by atoms with E-state index in [-0.39, 0.29) is 6.10 Å². The standard InChI is InChI=1S/C13H18O/c1-10(14)5-6-11-7-8-12-3-2-4-13(12)9-11/h7-10,14H,2-6H2,1H3. The Kier molecular flexibility index (Phi) is 2.87. The first kappa shape index (κ1) is 9.72. The molecule has 0 aromatic heterocycles. The predicted octanol–water partition coefficient (Wildman–Crippen LogP) is 2.49. The van der Waals surface area contributed by atoms with E-state index in [0.717, 1.165) is 12.8 Å². The first-order valence-corrected chi connectivity index (χ1v) is 5.54. The molecule has 0 amide bonds. The van der Waals surface area contributed by atoms with Crippen LogP contribution in [0.15, 0.2) is 18.2 Å². The zero-order chi connectivity index (χ0) is 9.97. The third-order valence-corrected chi connectivity index (χ3v) is 3.01. The molecular formula is C13H18O. The summed E-state index contributed by atoms with van der Waals surface area (Å²) in [5.41, 5.74) is 4.45. The van der Waals surface area contributed by atoms with Crippen molar-refractivity contribution in [3.05, 3.63) is 34.9 Å². The van der Waals surface area contributed by atoms with Gasteiger partial charge in [-0.1, -0.05) is 18.2 Å². The second-order valence-corrected chi connectivity index (χ2v) is 4.34. The van der Waals surface area contributed by atoms with Crippen LogP contribution >= 0.6 is 0 Å². The molecular weight excluding hydrogens is 172 g/mol. The topological polar surface area (TPSA) is 20.2 Å². The summed E-state index contributed by atoms with van der Waals surface area (Å²) in [5.74, 6) is 0. The van der Waals surface area contributed by atoms with Crippen LogP contribution in [0.2, 0.25) is 0 Å². The molecule has 1 aliphatic rings. The molecule has 1 aromatic carbocycles. The molecule has 0 bridgehead atoms. The van der Waals surface area contributed by atoms with Crippen molar-refractivity contribution in [2.45, 2.75) is 45.1 Å². The van der Waals surface area contributed by atoms with Crippen LogP contribution in [0.1, 0.15) is 36.5 Å². The molecule has 0 fully saturated rings. The smallest absolute Gasteiger partial charge is 0.0515 e. The maximum atomic E-state index is 9.21. The van der Waals surface area contributed by atoms with E-state index < -0.39 is 0 Å². The number of aliphatic hydroxyl groups is 1. The Morgan fingerprint density at radius 1 is 1.29 bits per heavy atom. The Hall–Kier alpha value is -0.820. The summed E-state index contributed by atoms with van der Waals surface area (Å²) in [6.07, 6.45) is 5.52. The van der Waals surface area contributed by atoms with E-state index in [9.17, 15) is 5.11 Å². The first-order valence-electron chi connectivity index (χ1n) is 5.54. The summed E-state index contributed by atoms with van der Waals surface area (Å²) in [7, 11) is 0. The highest BCUT2D eigenvalue weighted by atomic mass is 16.3. The van der Waals surface area contributed by atoms with Gasteiger partial charge in [0.05, 0.1) is 6.10 Å². The van der Waals surface area contributed by atoms with E-state index in [1.54, 1.807) is 0 Å². The second kappa shape index (κ2) is 4.14. The van der Waals surface area contributed by atoms with Gasteiger partial charge in [-0.05, 0) is 55.7 Å². The van der Waals surface area contributed by atoms with Crippen molar-refractivity contribution in [2.24, 2.45) is 0 Å². The van der Waals surface area contributed by atoms with Crippen molar-refractivity contribution in [2.75, 3.05) is 0 Å². The van der Waals surface area contributed by atoms with Gasteiger partial charge in [-0.25, -0.2) is 0 Å². The van der Waals surface area contributed by atoms with Crippen LogP contribution in [0, 0.1) is 0 Å². The average Bonchev–Trinajstić information content (AvgIpc) is 2.61. The van der Waals surface area contributed by atoms with Crippen LogP contribution in [0.25, 0.3) is 0 Å². The summed E-state index contributed by atoms with van der Waals surface area (Å²) in [4.78, 5) is 0. The molecule has 1 nitrogen and oxygen atoms in total. The third-order valence-electron chi connectivity index (χ3n) is 3.01. The van der Waals surface area contributed by atoms with Gasteiger partial charge in [0.25, 0.3) is 0 Å². The summed E-state index contributed by atoms with van der Waals surface area (Å²) >= 11 is 0. The number of rotatable bonds is 3. The highest BCUT2D eigenvalue weighted by Gasteiger charge is 2.10. The lowest BCUT2D eigenvalue weighted by molar-refractivity contribution is 0.185. The highest BCUT2D eigenvalue weighted by molar-refractivity contribution is 5.35. The minimum Gasteiger partial charge on any atom is -0.393 e. The van der Waals surface area contributed by atoms with Crippen LogP contribution in [0.3, 0.4) is 0 Å². The van der Waals surface area contributed by atoms with Crippen molar-refractivity contribution in [3.63, 3.8) is 0 Å². The number of hydrogen-bond acceptors (Lipinski definition) is 1. The number of aliphatic hydroxyl groups excluding tert-OH is 1. The quantitative estimate of drug-likeness (QED) is 0.776. The zero-order valence-electron chi connectivity index (χ0n) is 8.79. The lowest BCUT2D eigenvalue weighted by Crippen LogP contribution is -2.01. The van der Waals surface area contributed by atoms with Crippen LogP contribution in [-0.4, -0.2) is 11.2 Å². The zero-order valence-corrected chi connectivity index (χ0v) is 8.79. The SMILES string of the molecule is CC(O)CCc1ccc2c(c1)CCC2. The summed E-state index contributed by atoms with van der Waals surface area (Å²) in [6, 6.07) is 6.80. The lowest BCUT2D eigenvalue weighted by Gasteiger charge is -2.06. The molecule has 2 rings (SSSR count). The van der Waals surface area contributed by atoms with Gasteiger partial charge in [-0.3, -0.25) is 0 Å². The van der Waals surface area contributed by atoms with Crippen LogP contribution in [0.5, 0.6) is 0 Å². The van der Waals surface area contributed by atoms with Crippen LogP contribution < -0.4 is 0 Å². The summed E-state index contributed by atoms with van der Waals surface area (Å²) in [5, 5.41) is 9.21. The monoisotopic (exact) mass is 190 g/mol. The Balaban J connectivity index is 2.05. The van der Waals surface area contributed by atoms with E-state index >= 15 is 0 Å². The molecule has 1 N–H and O–H groups in total. The van der Waals surface area contributed by atoms with Crippen molar-refractivity contribution in [3.8, 4) is 0 Å². The van der Waals surface area contributed by atoms with Gasteiger partial charge >= 0.3 is 0 Å². The average molecular weight is 190 g/mol. The van der Waals surface area contributed by atoms with Gasteiger partial charge in [-0.15, -0.1) is 0 Å². The molecule has 76 valence electrons. The molecule has 1 unspecified atom stereocenters. The predicted molar refractivity (Wildman–Crippen MR) is 58.5 cm³/mol. The Morgan fingerprint density at radius 3 is 2.86 bits per heavy atom. The molecule has 1 heteroatoms. The molecule has 0 aliphatic heterocycles. The molecule has 14 heavy (non-hydrogen) atoms. The maximum absolute atomic E-state index is 9.21. The van der Waals surface area contributed by atoms with Gasteiger partial charge in [0.1, 0.15) is 0 Å². The van der Waals surface area contributed by atoms with Crippen LogP contribution in [-0.2, 0) is 19.3 Å². The summed E-state index contributed by atoms with van der Waals surface area (Å²) < 4.78 is 0. The molecule has 0 saturated heterocycles. The molecule has 1 atom stereocenters. The van der Waals surface area contributed by atoms with Gasteiger partial charge in [0.15, 0.2) is 0 Å². The Labute approximate surface area is 85.8 Å². The molecule has 0 radical (unpaired) electrons. The van der Waals surface area contributed by atoms with E-state index in [4.69, 9.17) is 0 Å². The first-order chi connectivity index (χ1) is 6.75. The molecule has 1 aromatic rings. The minimum atomic E-state index is -0.178. The van der Waals surface area contributed by atoms with E-state index in [1.807, 2.05) is 6.92 Å². The third kappa shape index (κ3) is 2.16. The van der Waals surface area contributed by atoms with Crippen molar-refractivity contribution in [1.82, 2.24) is 0 Å². The number of aryl methyl sites for hydroxylation is 3. The van der Waals surface area contributed by atoms with Gasteiger partial charge in [0, 0.05) is 0 Å². The van der Waals surface area contributed by atoms with Gasteiger partial charge in [-0.2, -0.15) is 0 Å². The fourth-order valence-corrected chi connectivity index (χ4v) is 2.16. The van der Waals surface area contributed by atoms with Crippen molar-refractivity contribution >= 4 is 0 Å². The molecule has 0 heterocycles. The van der Waals surface area contributed by atoms with E-state index in [2.05, 4.69) is 18.2 Å². The van der Waals surface area contributed by atoms with Crippen molar-refractivity contribution < 1.29 is 5.11 Å². The van der Waals surface area contributed by atoms with E-state index in [1.165, 1.54) is 36.0 Å². The highest BCUT2D eigenvalue weighted by Crippen LogP contribution is 2.23. The Morgan fingerprint density at radius 2 is 2.07 bits per heavy atom. The fourth-order valence-electron chi connectivity index (χ4n) is 2.16. The maximum Gasteiger partial charge on any atom is 0.0515 e. The largest absolute Gasteiger partial charge is 0.393 e.